The number of phenols is 1. The number of halogens is 2. The van der Waals surface area contributed by atoms with Crippen LogP contribution in [0.4, 0.5) is 8.78 Å². The van der Waals surface area contributed by atoms with E-state index in [1.54, 1.807) is 24.3 Å². The molecule has 0 aliphatic carbocycles. The van der Waals surface area contributed by atoms with E-state index in [2.05, 4.69) is 4.74 Å². The molecule has 0 aliphatic rings. The van der Waals surface area contributed by atoms with Gasteiger partial charge in [-0.2, -0.15) is 8.78 Å². The molecule has 0 saturated heterocycles. The van der Waals surface area contributed by atoms with Crippen molar-refractivity contribution in [3.8, 4) is 17.2 Å². The highest BCUT2D eigenvalue weighted by atomic mass is 19.3. The lowest BCUT2D eigenvalue weighted by Crippen LogP contribution is -2.01. The van der Waals surface area contributed by atoms with Gasteiger partial charge >= 0.3 is 6.61 Å². The number of phenolic OH excluding ortho intramolecular Hbond substituents is 1. The molecule has 7 heteroatoms. The fourth-order valence-corrected chi connectivity index (χ4v) is 2.35. The summed E-state index contributed by atoms with van der Waals surface area (Å²) in [5, 5.41) is 28.5. The van der Waals surface area contributed by atoms with Gasteiger partial charge in [0.15, 0.2) is 11.5 Å². The molecule has 5 nitrogen and oxygen atoms in total. The van der Waals surface area contributed by atoms with Gasteiger partial charge in [-0.3, -0.25) is 0 Å². The van der Waals surface area contributed by atoms with Crippen molar-refractivity contribution in [2.75, 3.05) is 7.11 Å². The van der Waals surface area contributed by atoms with E-state index in [4.69, 9.17) is 4.74 Å². The van der Waals surface area contributed by atoms with Crippen molar-refractivity contribution in [1.82, 2.24) is 0 Å². The summed E-state index contributed by atoms with van der Waals surface area (Å²) in [4.78, 5) is 0. The SMILES string of the molecule is COc1cc(/C=C\c2ccc(OC(F)F)c(O)c2)cc(CO)c1CO. The smallest absolute Gasteiger partial charge is 0.387 e. The summed E-state index contributed by atoms with van der Waals surface area (Å²) >= 11 is 0. The highest BCUT2D eigenvalue weighted by Gasteiger charge is 2.10. The lowest BCUT2D eigenvalue weighted by molar-refractivity contribution is -0.0512. The van der Waals surface area contributed by atoms with Crippen LogP contribution < -0.4 is 9.47 Å². The molecule has 0 fully saturated rings. The topological polar surface area (TPSA) is 79.2 Å². The van der Waals surface area contributed by atoms with E-state index < -0.39 is 12.4 Å². The molecule has 0 saturated carbocycles. The van der Waals surface area contributed by atoms with Gasteiger partial charge in [-0.25, -0.2) is 0 Å². The number of rotatable bonds is 7. The van der Waals surface area contributed by atoms with Crippen LogP contribution in [0.3, 0.4) is 0 Å². The Bertz CT molecular complexity index is 734. The fourth-order valence-electron chi connectivity index (χ4n) is 2.35. The molecule has 0 heterocycles. The molecule has 2 aromatic carbocycles. The summed E-state index contributed by atoms with van der Waals surface area (Å²) < 4.78 is 33.7. The summed E-state index contributed by atoms with van der Waals surface area (Å²) in [6, 6.07) is 7.44. The van der Waals surface area contributed by atoms with Crippen LogP contribution in [0.5, 0.6) is 17.2 Å². The van der Waals surface area contributed by atoms with E-state index in [9.17, 15) is 24.1 Å². The first-order valence-corrected chi connectivity index (χ1v) is 7.36. The molecular weight excluding hydrogens is 334 g/mol. The minimum atomic E-state index is -3.01. The minimum absolute atomic E-state index is 0.256. The largest absolute Gasteiger partial charge is 0.504 e. The van der Waals surface area contributed by atoms with E-state index in [-0.39, 0.29) is 19.0 Å². The Morgan fingerprint density at radius 1 is 1.00 bits per heavy atom. The second-order valence-electron chi connectivity index (χ2n) is 5.12. The van der Waals surface area contributed by atoms with Crippen LogP contribution in [-0.2, 0) is 13.2 Å². The van der Waals surface area contributed by atoms with Crippen molar-refractivity contribution >= 4 is 12.2 Å². The summed E-state index contributed by atoms with van der Waals surface area (Å²) in [5.74, 6) is -0.257. The van der Waals surface area contributed by atoms with Crippen molar-refractivity contribution in [3.63, 3.8) is 0 Å². The summed E-state index contributed by atoms with van der Waals surface area (Å²) in [6.07, 6.45) is 3.35. The number of aliphatic hydroxyl groups is 2. The van der Waals surface area contributed by atoms with Gasteiger partial charge in [0, 0.05) is 5.56 Å². The first-order valence-electron chi connectivity index (χ1n) is 7.36. The Hall–Kier alpha value is -2.64. The third kappa shape index (κ3) is 4.68. The highest BCUT2D eigenvalue weighted by Crippen LogP contribution is 2.30. The van der Waals surface area contributed by atoms with Crippen LogP contribution in [-0.4, -0.2) is 29.0 Å². The van der Waals surface area contributed by atoms with Crippen molar-refractivity contribution in [2.45, 2.75) is 19.8 Å². The monoisotopic (exact) mass is 352 g/mol. The molecule has 25 heavy (non-hydrogen) atoms. The van der Waals surface area contributed by atoms with Crippen LogP contribution in [0, 0.1) is 0 Å². The lowest BCUT2D eigenvalue weighted by atomic mass is 10.0. The first kappa shape index (κ1) is 18.7. The van der Waals surface area contributed by atoms with Gasteiger partial charge in [0.25, 0.3) is 0 Å². The maximum Gasteiger partial charge on any atom is 0.387 e. The molecule has 134 valence electrons. The maximum absolute atomic E-state index is 12.2. The number of hydrogen-bond donors (Lipinski definition) is 3. The quantitative estimate of drug-likeness (QED) is 0.667. The molecule has 2 rings (SSSR count). The van der Waals surface area contributed by atoms with Gasteiger partial charge in [0.2, 0.25) is 0 Å². The number of hydrogen-bond acceptors (Lipinski definition) is 5. The molecule has 3 N–H and O–H groups in total. The van der Waals surface area contributed by atoms with Crippen LogP contribution in [0.1, 0.15) is 22.3 Å². The Kier molecular flexibility index (Phi) is 6.32. The number of benzene rings is 2. The molecular formula is C18H18F2O5. The normalized spacial score (nSPS) is 11.3. The summed E-state index contributed by atoms with van der Waals surface area (Å²) in [7, 11) is 1.46. The third-order valence-corrected chi connectivity index (χ3v) is 3.54. The zero-order valence-corrected chi connectivity index (χ0v) is 13.4. The fraction of sp³-hybridized carbons (Fsp3) is 0.222. The van der Waals surface area contributed by atoms with Gasteiger partial charge < -0.3 is 24.8 Å². The molecule has 0 spiro atoms. The first-order chi connectivity index (χ1) is 12.0. The Labute approximate surface area is 143 Å². The van der Waals surface area contributed by atoms with E-state index in [0.29, 0.717) is 28.0 Å². The van der Waals surface area contributed by atoms with Crippen molar-refractivity contribution in [2.24, 2.45) is 0 Å². The van der Waals surface area contributed by atoms with Gasteiger partial charge in [-0.1, -0.05) is 18.2 Å². The predicted octanol–water partition coefficient (Wildman–Crippen LogP) is 3.16. The van der Waals surface area contributed by atoms with Gasteiger partial charge in [0.05, 0.1) is 20.3 Å². The molecule has 0 radical (unpaired) electrons. The van der Waals surface area contributed by atoms with E-state index >= 15 is 0 Å². The number of aromatic hydroxyl groups is 1. The van der Waals surface area contributed by atoms with E-state index in [1.165, 1.54) is 25.3 Å². The molecule has 0 bridgehead atoms. The van der Waals surface area contributed by atoms with Crippen LogP contribution >= 0.6 is 0 Å². The average molecular weight is 352 g/mol. The van der Waals surface area contributed by atoms with E-state index in [0.717, 1.165) is 0 Å². The standard InChI is InChI=1S/C18H18F2O5/c1-24-17-8-12(6-13(9-21)14(17)10-22)3-2-11-4-5-16(15(23)7-11)25-18(19)20/h2-8,18,21-23H,9-10H2,1H3/b3-2-. The molecule has 0 unspecified atom stereocenters. The Morgan fingerprint density at radius 2 is 1.72 bits per heavy atom. The van der Waals surface area contributed by atoms with Crippen LogP contribution in [0.2, 0.25) is 0 Å². The number of aliphatic hydroxyl groups excluding tert-OH is 2. The van der Waals surface area contributed by atoms with Crippen LogP contribution in [0.15, 0.2) is 30.3 Å². The van der Waals surface area contributed by atoms with Gasteiger partial charge in [0.1, 0.15) is 5.75 Å². The molecule has 0 aromatic heterocycles. The lowest BCUT2D eigenvalue weighted by Gasteiger charge is -2.12. The molecule has 2 aromatic rings. The summed E-state index contributed by atoms with van der Waals surface area (Å²) in [5.41, 5.74) is 2.30. The van der Waals surface area contributed by atoms with Crippen molar-refractivity contribution < 1.29 is 33.6 Å². The van der Waals surface area contributed by atoms with Gasteiger partial charge in [-0.05, 0) is 41.0 Å². The molecule has 0 atom stereocenters. The van der Waals surface area contributed by atoms with Crippen LogP contribution in [0.25, 0.3) is 12.2 Å². The van der Waals surface area contributed by atoms with E-state index in [1.807, 2.05) is 0 Å². The minimum Gasteiger partial charge on any atom is -0.504 e. The van der Waals surface area contributed by atoms with Crippen molar-refractivity contribution in [1.29, 1.82) is 0 Å². The maximum atomic E-state index is 12.2. The second kappa shape index (κ2) is 8.46. The summed E-state index contributed by atoms with van der Waals surface area (Å²) in [6.45, 7) is -3.53. The third-order valence-electron chi connectivity index (χ3n) is 3.54. The average Bonchev–Trinajstić information content (AvgIpc) is 2.60. The zero-order valence-electron chi connectivity index (χ0n) is 13.4. The Balaban J connectivity index is 2.28. The second-order valence-corrected chi connectivity index (χ2v) is 5.12. The molecule has 0 amide bonds. The number of ether oxygens (including phenoxy) is 2. The predicted molar refractivity (Wildman–Crippen MR) is 88.5 cm³/mol. The molecule has 0 aliphatic heterocycles. The Morgan fingerprint density at radius 3 is 2.28 bits per heavy atom. The number of methoxy groups -OCH3 is 1. The van der Waals surface area contributed by atoms with Crippen molar-refractivity contribution in [3.05, 3.63) is 52.6 Å². The highest BCUT2D eigenvalue weighted by molar-refractivity contribution is 5.72. The zero-order chi connectivity index (χ0) is 18.4. The number of alkyl halides is 2. The van der Waals surface area contributed by atoms with Gasteiger partial charge in [-0.15, -0.1) is 0 Å².